The fourth-order valence-corrected chi connectivity index (χ4v) is 39.2. The summed E-state index contributed by atoms with van der Waals surface area (Å²) in [5.41, 5.74) is 0. The molecule has 0 aromatic rings. The van der Waals surface area contributed by atoms with Crippen molar-refractivity contribution < 1.29 is 1.29 Å². The first-order valence-electron chi connectivity index (χ1n) is 7.26. The van der Waals surface area contributed by atoms with Crippen LogP contribution in [0.5, 0.6) is 0 Å². The first-order valence-corrected chi connectivity index (χ1v) is 14.4. The van der Waals surface area contributed by atoms with Gasteiger partial charge in [0.1, 0.15) is 0 Å². The Kier molecular flexibility index (Phi) is 6.91. The van der Waals surface area contributed by atoms with E-state index in [2.05, 4.69) is 83.1 Å². The van der Waals surface area contributed by atoms with Crippen molar-refractivity contribution in [3.05, 3.63) is 0 Å². The number of rotatable bonds is 2. The van der Waals surface area contributed by atoms with Gasteiger partial charge < -0.3 is 0 Å². The van der Waals surface area contributed by atoms with E-state index in [1.165, 1.54) is 0 Å². The van der Waals surface area contributed by atoms with Crippen LogP contribution in [0, 0.1) is 0 Å². The van der Waals surface area contributed by atoms with Gasteiger partial charge in [0.15, 0.2) is 0 Å². The van der Waals surface area contributed by atoms with Gasteiger partial charge >= 0.3 is 139 Å². The summed E-state index contributed by atoms with van der Waals surface area (Å²) in [5.74, 6) is 0. The summed E-state index contributed by atoms with van der Waals surface area (Å²) >= 11 is -3.60. The first kappa shape index (κ1) is 20.6. The molecule has 0 saturated carbocycles. The second kappa shape index (κ2) is 6.38. The second-order valence-corrected chi connectivity index (χ2v) is 31.6. The topological polar surface area (TPSA) is 9.23 Å². The summed E-state index contributed by atoms with van der Waals surface area (Å²) < 4.78 is 8.57. The van der Waals surface area contributed by atoms with Gasteiger partial charge in [0.05, 0.1) is 0 Å². The molecule has 0 unspecified atom stereocenters. The number of hydrogen-bond donors (Lipinski definition) is 0. The molecule has 0 amide bonds. The molecule has 116 valence electrons. The summed E-state index contributed by atoms with van der Waals surface area (Å²) in [4.78, 5) is 0. The van der Waals surface area contributed by atoms with Crippen LogP contribution in [0.15, 0.2) is 0 Å². The molecule has 0 aliphatic heterocycles. The van der Waals surface area contributed by atoms with Crippen LogP contribution in [0.4, 0.5) is 0 Å². The normalized spacial score (nSPS) is 15.5. The minimum absolute atomic E-state index is 0.375. The molecule has 0 aromatic carbocycles. The first-order chi connectivity index (χ1) is 7.97. The third-order valence-corrected chi connectivity index (χ3v) is 23.7. The van der Waals surface area contributed by atoms with E-state index in [1.54, 1.807) is 0 Å². The van der Waals surface area contributed by atoms with Crippen molar-refractivity contribution in [3.8, 4) is 0 Å². The molecule has 0 aliphatic rings. The van der Waals surface area contributed by atoms with Gasteiger partial charge in [-0.1, -0.05) is 0 Å². The van der Waals surface area contributed by atoms with Crippen molar-refractivity contribution in [1.29, 1.82) is 0 Å². The Bertz CT molecular complexity index is 226. The predicted octanol–water partition coefficient (Wildman–Crippen LogP) is 6.19. The average molecular weight is 488 g/mol. The monoisotopic (exact) mass is 486 g/mol. The molecule has 0 heterocycles. The van der Waals surface area contributed by atoms with Crippen LogP contribution in [0.2, 0.25) is 13.4 Å². The summed E-state index contributed by atoms with van der Waals surface area (Å²) in [6.07, 6.45) is 0. The Morgan fingerprint density at radius 3 is 0.684 bits per heavy atom. The Morgan fingerprint density at radius 2 is 0.579 bits per heavy atom. The second-order valence-electron chi connectivity index (χ2n) is 9.35. The summed E-state index contributed by atoms with van der Waals surface area (Å²) in [5, 5.41) is 0. The molecule has 0 N–H and O–H groups in total. The Hall–Kier alpha value is 1.60. The van der Waals surface area contributed by atoms with Gasteiger partial charge in [-0.2, -0.15) is 0 Å². The van der Waals surface area contributed by atoms with Crippen molar-refractivity contribution in [3.63, 3.8) is 0 Å². The molecular weight excluding hydrogens is 452 g/mol. The van der Waals surface area contributed by atoms with E-state index in [9.17, 15) is 0 Å². The van der Waals surface area contributed by atoms with Gasteiger partial charge in [-0.25, -0.2) is 0 Å². The third-order valence-electron chi connectivity index (χ3n) is 2.60. The fourth-order valence-electron chi connectivity index (χ4n) is 2.58. The van der Waals surface area contributed by atoms with Gasteiger partial charge in [-0.15, -0.1) is 0 Å². The minimum atomic E-state index is -1.80. The fraction of sp³-hybridized carbons (Fsp3) is 1.00. The summed E-state index contributed by atoms with van der Waals surface area (Å²) in [7, 11) is 0. The van der Waals surface area contributed by atoms with Gasteiger partial charge in [0.25, 0.3) is 0 Å². The van der Waals surface area contributed by atoms with E-state index in [1.807, 2.05) is 0 Å². The van der Waals surface area contributed by atoms with Crippen molar-refractivity contribution in [2.75, 3.05) is 0 Å². The SMILES string of the molecule is C[C](C)(C)[Sb]([O][Sb]([C](C)(C)C)[C](C)(C)C)[C](C)(C)C. The van der Waals surface area contributed by atoms with E-state index >= 15 is 0 Å². The molecule has 0 rings (SSSR count). The number of hydrogen-bond acceptors (Lipinski definition) is 1. The van der Waals surface area contributed by atoms with Gasteiger partial charge in [0.2, 0.25) is 0 Å². The molecule has 0 spiro atoms. The molecule has 0 atom stereocenters. The predicted molar refractivity (Wildman–Crippen MR) is 91.5 cm³/mol. The quantitative estimate of drug-likeness (QED) is 0.422. The molecule has 3 heteroatoms. The standard InChI is InChI=1S/4C4H9.O.2Sb/c4*1-4(2)3;;;/h4*1-3H3;;;. The van der Waals surface area contributed by atoms with Crippen molar-refractivity contribution in [2.24, 2.45) is 0 Å². The van der Waals surface area contributed by atoms with Gasteiger partial charge in [-0.05, 0) is 0 Å². The Labute approximate surface area is 138 Å². The van der Waals surface area contributed by atoms with Crippen molar-refractivity contribution >= 4 is 41.3 Å². The molecule has 0 fully saturated rings. The van der Waals surface area contributed by atoms with Gasteiger partial charge in [-0.3, -0.25) is 0 Å². The van der Waals surface area contributed by atoms with E-state index < -0.39 is 41.3 Å². The van der Waals surface area contributed by atoms with Crippen LogP contribution < -0.4 is 0 Å². The third kappa shape index (κ3) is 6.93. The van der Waals surface area contributed by atoms with E-state index in [-0.39, 0.29) is 0 Å². The maximum absolute atomic E-state index is 7.08. The molecule has 1 nitrogen and oxygen atoms in total. The van der Waals surface area contributed by atoms with E-state index in [0.717, 1.165) is 0 Å². The zero-order valence-electron chi connectivity index (χ0n) is 15.3. The average Bonchev–Trinajstić information content (AvgIpc) is 1.91. The Morgan fingerprint density at radius 1 is 0.421 bits per heavy atom. The zero-order chi connectivity index (χ0) is 15.9. The molecule has 19 heavy (non-hydrogen) atoms. The van der Waals surface area contributed by atoms with Crippen LogP contribution in [-0.4, -0.2) is 41.3 Å². The van der Waals surface area contributed by atoms with Crippen LogP contribution >= 0.6 is 0 Å². The summed E-state index contributed by atoms with van der Waals surface area (Å²) in [6, 6.07) is 0. The van der Waals surface area contributed by atoms with Crippen molar-refractivity contribution in [2.45, 2.75) is 96.5 Å². The molecule has 0 aromatic heterocycles. The van der Waals surface area contributed by atoms with Crippen LogP contribution in [0.25, 0.3) is 0 Å². The maximum atomic E-state index is 7.08. The summed E-state index contributed by atoms with van der Waals surface area (Å²) in [6.45, 7) is 28.7. The van der Waals surface area contributed by atoms with Crippen LogP contribution in [0.3, 0.4) is 0 Å². The molecule has 0 aliphatic carbocycles. The molecule has 0 radical (unpaired) electrons. The zero-order valence-corrected chi connectivity index (χ0v) is 20.4. The molecule has 0 saturated heterocycles. The van der Waals surface area contributed by atoms with Crippen molar-refractivity contribution in [1.82, 2.24) is 0 Å². The van der Waals surface area contributed by atoms with E-state index in [4.69, 9.17) is 1.29 Å². The molecular formula is C16H36OSb2. The van der Waals surface area contributed by atoms with Crippen LogP contribution in [-0.2, 0) is 1.29 Å². The Balaban J connectivity index is 5.43. The van der Waals surface area contributed by atoms with Crippen LogP contribution in [0.1, 0.15) is 83.1 Å². The van der Waals surface area contributed by atoms with E-state index in [0.29, 0.717) is 13.4 Å². The van der Waals surface area contributed by atoms with Gasteiger partial charge in [0, 0.05) is 0 Å². The molecule has 0 bridgehead atoms.